The van der Waals surface area contributed by atoms with Gasteiger partial charge in [0.25, 0.3) is 5.91 Å². The maximum absolute atomic E-state index is 12.5. The number of benzene rings is 1. The largest absolute Gasteiger partial charge is 0.497 e. The molecule has 1 aromatic carbocycles. The molecule has 8 heteroatoms. The number of piperazine rings is 1. The van der Waals surface area contributed by atoms with Crippen molar-refractivity contribution in [2.45, 2.75) is 18.9 Å². The SMILES string of the molecule is COc1ccc2c(N)nc(N3CCN(C(=O)[C@H]4CCCO4)CC3)nc2c1. The number of nitrogens with two attached hydrogens (primary N) is 1. The number of nitrogen functional groups attached to an aromatic ring is 1. The molecule has 0 spiro atoms. The van der Waals surface area contributed by atoms with E-state index in [9.17, 15) is 4.79 Å². The van der Waals surface area contributed by atoms with Crippen LogP contribution in [0.15, 0.2) is 18.2 Å². The zero-order valence-corrected chi connectivity index (χ0v) is 14.9. The fourth-order valence-corrected chi connectivity index (χ4v) is 3.49. The van der Waals surface area contributed by atoms with Crippen molar-refractivity contribution in [3.8, 4) is 5.75 Å². The van der Waals surface area contributed by atoms with E-state index in [4.69, 9.17) is 15.2 Å². The molecule has 2 fully saturated rings. The van der Waals surface area contributed by atoms with Gasteiger partial charge in [0.2, 0.25) is 5.95 Å². The van der Waals surface area contributed by atoms with Crippen LogP contribution >= 0.6 is 0 Å². The van der Waals surface area contributed by atoms with Crippen LogP contribution in [0.1, 0.15) is 12.8 Å². The Kier molecular flexibility index (Phi) is 4.50. The lowest BCUT2D eigenvalue weighted by Gasteiger charge is -2.35. The molecule has 0 bridgehead atoms. The van der Waals surface area contributed by atoms with Crippen molar-refractivity contribution in [3.63, 3.8) is 0 Å². The summed E-state index contributed by atoms with van der Waals surface area (Å²) in [5.41, 5.74) is 6.87. The van der Waals surface area contributed by atoms with Gasteiger partial charge in [-0.15, -0.1) is 0 Å². The molecule has 1 aromatic heterocycles. The average molecular weight is 357 g/mol. The van der Waals surface area contributed by atoms with E-state index in [1.165, 1.54) is 0 Å². The number of carbonyl (C=O) groups is 1. The zero-order chi connectivity index (χ0) is 18.1. The molecule has 2 saturated heterocycles. The summed E-state index contributed by atoms with van der Waals surface area (Å²) in [4.78, 5) is 25.5. The van der Waals surface area contributed by atoms with E-state index in [1.54, 1.807) is 7.11 Å². The normalized spacial score (nSPS) is 20.6. The molecule has 2 N–H and O–H groups in total. The Morgan fingerprint density at radius 1 is 1.27 bits per heavy atom. The van der Waals surface area contributed by atoms with Gasteiger partial charge in [0.15, 0.2) is 0 Å². The molecule has 2 aromatic rings. The van der Waals surface area contributed by atoms with Crippen molar-refractivity contribution in [3.05, 3.63) is 18.2 Å². The predicted octanol–water partition coefficient (Wildman–Crippen LogP) is 1.05. The third-order valence-electron chi connectivity index (χ3n) is 5.00. The first-order chi connectivity index (χ1) is 12.7. The molecule has 138 valence electrons. The summed E-state index contributed by atoms with van der Waals surface area (Å²) in [6, 6.07) is 5.57. The summed E-state index contributed by atoms with van der Waals surface area (Å²) in [5.74, 6) is 1.87. The van der Waals surface area contributed by atoms with Crippen LogP contribution in [0.4, 0.5) is 11.8 Å². The standard InChI is InChI=1S/C18H23N5O3/c1-25-12-4-5-13-14(11-12)20-18(21-16(13)19)23-8-6-22(7-9-23)17(24)15-3-2-10-26-15/h4-5,11,15H,2-3,6-10H2,1H3,(H2,19,20,21)/t15-/m1/s1. The number of hydrogen-bond acceptors (Lipinski definition) is 7. The molecule has 1 atom stereocenters. The van der Waals surface area contributed by atoms with Gasteiger partial charge in [-0.25, -0.2) is 4.98 Å². The molecule has 26 heavy (non-hydrogen) atoms. The first-order valence-electron chi connectivity index (χ1n) is 8.92. The Bertz CT molecular complexity index is 814. The van der Waals surface area contributed by atoms with Crippen molar-refractivity contribution in [1.82, 2.24) is 14.9 Å². The first kappa shape index (κ1) is 16.8. The number of anilines is 2. The summed E-state index contributed by atoms with van der Waals surface area (Å²) in [6.07, 6.45) is 1.52. The maximum Gasteiger partial charge on any atom is 0.251 e. The highest BCUT2D eigenvalue weighted by atomic mass is 16.5. The van der Waals surface area contributed by atoms with E-state index in [1.807, 2.05) is 23.1 Å². The number of rotatable bonds is 3. The number of amides is 1. The van der Waals surface area contributed by atoms with Crippen molar-refractivity contribution in [2.24, 2.45) is 0 Å². The molecule has 0 unspecified atom stereocenters. The Labute approximate surface area is 151 Å². The Morgan fingerprint density at radius 3 is 2.77 bits per heavy atom. The number of hydrogen-bond donors (Lipinski definition) is 1. The quantitative estimate of drug-likeness (QED) is 0.877. The van der Waals surface area contributed by atoms with Crippen molar-refractivity contribution in [1.29, 1.82) is 0 Å². The smallest absolute Gasteiger partial charge is 0.251 e. The third-order valence-corrected chi connectivity index (χ3v) is 5.00. The molecule has 1 amide bonds. The zero-order valence-electron chi connectivity index (χ0n) is 14.9. The third kappa shape index (κ3) is 3.12. The number of carbonyl (C=O) groups excluding carboxylic acids is 1. The second kappa shape index (κ2) is 6.95. The lowest BCUT2D eigenvalue weighted by Crippen LogP contribution is -2.51. The van der Waals surface area contributed by atoms with Crippen LogP contribution in [0.3, 0.4) is 0 Å². The van der Waals surface area contributed by atoms with E-state index in [2.05, 4.69) is 14.9 Å². The molecule has 0 aliphatic carbocycles. The van der Waals surface area contributed by atoms with E-state index in [0.29, 0.717) is 44.6 Å². The van der Waals surface area contributed by atoms with Crippen molar-refractivity contribution >= 4 is 28.6 Å². The molecular weight excluding hydrogens is 334 g/mol. The van der Waals surface area contributed by atoms with E-state index < -0.39 is 0 Å². The fourth-order valence-electron chi connectivity index (χ4n) is 3.49. The topological polar surface area (TPSA) is 93.8 Å². The Hall–Kier alpha value is -2.61. The van der Waals surface area contributed by atoms with Crippen molar-refractivity contribution in [2.75, 3.05) is 50.5 Å². The summed E-state index contributed by atoms with van der Waals surface area (Å²) in [6.45, 7) is 3.31. The lowest BCUT2D eigenvalue weighted by molar-refractivity contribution is -0.141. The van der Waals surface area contributed by atoms with E-state index in [-0.39, 0.29) is 12.0 Å². The predicted molar refractivity (Wildman–Crippen MR) is 98.3 cm³/mol. The second-order valence-corrected chi connectivity index (χ2v) is 6.61. The molecule has 2 aliphatic heterocycles. The highest BCUT2D eigenvalue weighted by Crippen LogP contribution is 2.26. The van der Waals surface area contributed by atoms with Gasteiger partial charge < -0.3 is 25.0 Å². The molecule has 0 radical (unpaired) electrons. The van der Waals surface area contributed by atoms with Crippen LogP contribution in [0, 0.1) is 0 Å². The minimum atomic E-state index is -0.262. The molecule has 4 rings (SSSR count). The number of fused-ring (bicyclic) bond motifs is 1. The Balaban J connectivity index is 1.49. The average Bonchev–Trinajstić information content (AvgIpc) is 3.22. The van der Waals surface area contributed by atoms with E-state index in [0.717, 1.165) is 29.5 Å². The second-order valence-electron chi connectivity index (χ2n) is 6.61. The maximum atomic E-state index is 12.5. The number of aromatic nitrogens is 2. The molecule has 3 heterocycles. The lowest BCUT2D eigenvalue weighted by atomic mass is 10.2. The van der Waals surface area contributed by atoms with Gasteiger partial charge in [0, 0.05) is 44.2 Å². The molecule has 8 nitrogen and oxygen atoms in total. The van der Waals surface area contributed by atoms with Gasteiger partial charge in [-0.05, 0) is 25.0 Å². The Morgan fingerprint density at radius 2 is 2.08 bits per heavy atom. The first-order valence-corrected chi connectivity index (χ1v) is 8.92. The monoisotopic (exact) mass is 357 g/mol. The van der Waals surface area contributed by atoms with Crippen LogP contribution in [0.2, 0.25) is 0 Å². The van der Waals surface area contributed by atoms with Gasteiger partial charge in [-0.3, -0.25) is 4.79 Å². The molecular formula is C18H23N5O3. The van der Waals surface area contributed by atoms with Gasteiger partial charge in [-0.1, -0.05) is 0 Å². The van der Waals surface area contributed by atoms with Gasteiger partial charge in [0.1, 0.15) is 17.7 Å². The number of methoxy groups -OCH3 is 1. The summed E-state index contributed by atoms with van der Waals surface area (Å²) >= 11 is 0. The van der Waals surface area contributed by atoms with Crippen LogP contribution < -0.4 is 15.4 Å². The summed E-state index contributed by atoms with van der Waals surface area (Å²) < 4.78 is 10.8. The minimum Gasteiger partial charge on any atom is -0.497 e. The molecule has 0 saturated carbocycles. The van der Waals surface area contributed by atoms with Crippen LogP contribution in [0.25, 0.3) is 10.9 Å². The van der Waals surface area contributed by atoms with E-state index >= 15 is 0 Å². The summed E-state index contributed by atoms with van der Waals surface area (Å²) in [7, 11) is 1.62. The fraction of sp³-hybridized carbons (Fsp3) is 0.500. The highest BCUT2D eigenvalue weighted by Gasteiger charge is 2.30. The number of nitrogens with zero attached hydrogens (tertiary/aromatic N) is 4. The highest BCUT2D eigenvalue weighted by molar-refractivity contribution is 5.90. The number of ether oxygens (including phenoxy) is 2. The minimum absolute atomic E-state index is 0.103. The summed E-state index contributed by atoms with van der Waals surface area (Å²) in [5, 5.41) is 0.807. The van der Waals surface area contributed by atoms with Gasteiger partial charge >= 0.3 is 0 Å². The van der Waals surface area contributed by atoms with Gasteiger partial charge in [-0.2, -0.15) is 4.98 Å². The van der Waals surface area contributed by atoms with Crippen LogP contribution in [0.5, 0.6) is 5.75 Å². The molecule has 2 aliphatic rings. The van der Waals surface area contributed by atoms with Crippen LogP contribution in [-0.2, 0) is 9.53 Å². The van der Waals surface area contributed by atoms with Crippen molar-refractivity contribution < 1.29 is 14.3 Å². The van der Waals surface area contributed by atoms with Crippen LogP contribution in [-0.4, -0.2) is 66.8 Å². The van der Waals surface area contributed by atoms with Gasteiger partial charge in [0.05, 0.1) is 12.6 Å².